The fourth-order valence-electron chi connectivity index (χ4n) is 5.10. The normalized spacial score (nSPS) is 19.8. The molecule has 2 unspecified atom stereocenters. The van der Waals surface area contributed by atoms with Crippen LogP contribution in [-0.2, 0) is 19.1 Å². The van der Waals surface area contributed by atoms with Gasteiger partial charge in [-0.2, -0.15) is 0 Å². The van der Waals surface area contributed by atoms with Gasteiger partial charge in [-0.25, -0.2) is 4.79 Å². The first-order valence-electron chi connectivity index (χ1n) is 11.9. The number of aliphatic carboxylic acids is 1. The molecule has 2 aromatic carbocycles. The highest BCUT2D eigenvalue weighted by Crippen LogP contribution is 2.44. The van der Waals surface area contributed by atoms with Gasteiger partial charge in [-0.1, -0.05) is 48.5 Å². The van der Waals surface area contributed by atoms with Crippen LogP contribution in [0.2, 0.25) is 0 Å². The predicted octanol–water partition coefficient (Wildman–Crippen LogP) is 2.11. The molecule has 2 aromatic rings. The minimum absolute atomic E-state index is 0.0570. The first kappa shape index (κ1) is 22.9. The van der Waals surface area contributed by atoms with Gasteiger partial charge >= 0.3 is 12.1 Å². The summed E-state index contributed by atoms with van der Waals surface area (Å²) in [5.41, 5.74) is 4.42. The van der Waals surface area contributed by atoms with Crippen LogP contribution >= 0.6 is 0 Å². The number of hydrogen-bond acceptors (Lipinski definition) is 5. The number of carbonyl (C=O) groups is 4. The Morgan fingerprint density at radius 2 is 1.69 bits per heavy atom. The molecule has 35 heavy (non-hydrogen) atoms. The summed E-state index contributed by atoms with van der Waals surface area (Å²) in [5.74, 6) is -2.27. The molecule has 3 amide bonds. The zero-order chi connectivity index (χ0) is 24.5. The third kappa shape index (κ3) is 4.58. The van der Waals surface area contributed by atoms with E-state index < -0.39 is 42.4 Å². The van der Waals surface area contributed by atoms with Crippen LogP contribution in [0, 0.1) is 5.92 Å². The van der Waals surface area contributed by atoms with Gasteiger partial charge in [0.15, 0.2) is 0 Å². The molecular weight excluding hydrogens is 450 g/mol. The van der Waals surface area contributed by atoms with E-state index in [9.17, 15) is 24.3 Å². The first-order valence-corrected chi connectivity index (χ1v) is 11.9. The average molecular weight is 478 g/mol. The van der Waals surface area contributed by atoms with Gasteiger partial charge in [0.2, 0.25) is 11.8 Å². The number of fused-ring (bicyclic) bond motifs is 3. The highest BCUT2D eigenvalue weighted by atomic mass is 16.5. The summed E-state index contributed by atoms with van der Waals surface area (Å²) in [6.45, 7) is 0.556. The van der Waals surface area contributed by atoms with Crippen molar-refractivity contribution < 1.29 is 29.0 Å². The smallest absolute Gasteiger partial charge is 0.407 e. The minimum atomic E-state index is -1.17. The molecule has 3 N–H and O–H groups in total. The summed E-state index contributed by atoms with van der Waals surface area (Å²) in [4.78, 5) is 50.9. The molecule has 0 spiro atoms. The molecule has 0 bridgehead atoms. The van der Waals surface area contributed by atoms with E-state index in [1.807, 2.05) is 36.4 Å². The number of hydrogen-bond donors (Lipinski definition) is 3. The maximum absolute atomic E-state index is 13.3. The Balaban J connectivity index is 1.27. The number of carboxylic acids is 1. The van der Waals surface area contributed by atoms with E-state index in [1.54, 1.807) is 0 Å². The molecule has 5 rings (SSSR count). The quantitative estimate of drug-likeness (QED) is 0.561. The number of rotatable bonds is 7. The molecule has 1 saturated carbocycles. The van der Waals surface area contributed by atoms with Gasteiger partial charge in [-0.15, -0.1) is 0 Å². The molecular formula is C26H27N3O6. The van der Waals surface area contributed by atoms with E-state index >= 15 is 0 Å². The fraction of sp³-hybridized carbons (Fsp3) is 0.385. The van der Waals surface area contributed by atoms with Crippen molar-refractivity contribution in [3.05, 3.63) is 59.7 Å². The minimum Gasteiger partial charge on any atom is -0.481 e. The molecule has 1 aliphatic heterocycles. The van der Waals surface area contributed by atoms with Gasteiger partial charge in [0.25, 0.3) is 0 Å². The van der Waals surface area contributed by atoms with E-state index in [0.717, 1.165) is 35.1 Å². The van der Waals surface area contributed by atoms with Crippen molar-refractivity contribution in [2.24, 2.45) is 5.92 Å². The maximum atomic E-state index is 13.3. The lowest BCUT2D eigenvalue weighted by atomic mass is 9.98. The van der Waals surface area contributed by atoms with Crippen LogP contribution in [0.25, 0.3) is 11.1 Å². The van der Waals surface area contributed by atoms with E-state index in [4.69, 9.17) is 4.74 Å². The van der Waals surface area contributed by atoms with Crippen molar-refractivity contribution in [1.82, 2.24) is 15.5 Å². The highest BCUT2D eigenvalue weighted by molar-refractivity contribution is 5.94. The number of nitrogens with one attached hydrogen (secondary N) is 2. The molecule has 2 aliphatic carbocycles. The van der Waals surface area contributed by atoms with Crippen LogP contribution in [0.5, 0.6) is 0 Å². The standard InChI is InChI=1S/C26H27N3O6/c30-22(31)13-21-24(32)27-11-12-29(21)25(33)23(15-9-10-15)28-26(34)35-14-20-18-7-3-1-5-16(18)17-6-2-4-8-19(17)20/h1-8,15,20-21,23H,9-14H2,(H,27,32)(H,28,34)(H,30,31). The summed E-state index contributed by atoms with van der Waals surface area (Å²) in [6, 6.07) is 14.1. The number of nitrogens with zero attached hydrogens (tertiary/aromatic N) is 1. The number of carbonyl (C=O) groups excluding carboxylic acids is 3. The maximum Gasteiger partial charge on any atom is 0.407 e. The molecule has 1 saturated heterocycles. The third-order valence-electron chi connectivity index (χ3n) is 6.96. The number of piperazine rings is 1. The second-order valence-corrected chi connectivity index (χ2v) is 9.22. The molecule has 1 heterocycles. The molecule has 0 aromatic heterocycles. The predicted molar refractivity (Wildman–Crippen MR) is 125 cm³/mol. The van der Waals surface area contributed by atoms with E-state index in [1.165, 1.54) is 4.90 Å². The second kappa shape index (κ2) is 9.40. The van der Waals surface area contributed by atoms with Crippen LogP contribution in [0.3, 0.4) is 0 Å². The lowest BCUT2D eigenvalue weighted by molar-refractivity contribution is -0.149. The van der Waals surface area contributed by atoms with Gasteiger partial charge in [0, 0.05) is 19.0 Å². The van der Waals surface area contributed by atoms with Gasteiger partial charge in [-0.3, -0.25) is 14.4 Å². The van der Waals surface area contributed by atoms with Crippen LogP contribution in [0.1, 0.15) is 36.3 Å². The Kier molecular flexibility index (Phi) is 6.15. The largest absolute Gasteiger partial charge is 0.481 e. The lowest BCUT2D eigenvalue weighted by Crippen LogP contribution is -2.62. The van der Waals surface area contributed by atoms with Gasteiger partial charge in [0.05, 0.1) is 6.42 Å². The van der Waals surface area contributed by atoms with Crippen molar-refractivity contribution in [2.75, 3.05) is 19.7 Å². The summed E-state index contributed by atoms with van der Waals surface area (Å²) in [7, 11) is 0. The SMILES string of the molecule is O=C(O)CC1C(=O)NCCN1C(=O)C(NC(=O)OCC1c2ccccc2-c2ccccc21)C1CC1. The van der Waals surface area contributed by atoms with Crippen LogP contribution in [0.15, 0.2) is 48.5 Å². The highest BCUT2D eigenvalue weighted by Gasteiger charge is 2.44. The number of carboxylic acid groups (broad SMARTS) is 1. The number of ether oxygens (including phenoxy) is 1. The number of amides is 3. The summed E-state index contributed by atoms with van der Waals surface area (Å²) in [6.07, 6.45) is 0.348. The molecule has 182 valence electrons. The zero-order valence-electron chi connectivity index (χ0n) is 19.1. The fourth-order valence-corrected chi connectivity index (χ4v) is 5.10. The zero-order valence-corrected chi connectivity index (χ0v) is 19.1. The van der Waals surface area contributed by atoms with Crippen LogP contribution in [-0.4, -0.2) is 65.7 Å². The van der Waals surface area contributed by atoms with Crippen molar-refractivity contribution in [2.45, 2.75) is 37.3 Å². The van der Waals surface area contributed by atoms with Gasteiger partial charge in [-0.05, 0) is 41.0 Å². The van der Waals surface area contributed by atoms with E-state index in [-0.39, 0.29) is 31.5 Å². The Hall–Kier alpha value is -3.88. The molecule has 0 radical (unpaired) electrons. The van der Waals surface area contributed by atoms with E-state index in [2.05, 4.69) is 22.8 Å². The molecule has 2 fully saturated rings. The number of alkyl carbamates (subject to hydrolysis) is 1. The molecule has 2 atom stereocenters. The average Bonchev–Trinajstić information content (AvgIpc) is 3.64. The van der Waals surface area contributed by atoms with Crippen molar-refractivity contribution >= 4 is 23.9 Å². The Morgan fingerprint density at radius 3 is 2.29 bits per heavy atom. The Bertz CT molecular complexity index is 1130. The van der Waals surface area contributed by atoms with Crippen LogP contribution < -0.4 is 10.6 Å². The lowest BCUT2D eigenvalue weighted by Gasteiger charge is -2.36. The molecule has 3 aliphatic rings. The number of benzene rings is 2. The molecule has 9 nitrogen and oxygen atoms in total. The summed E-state index contributed by atoms with van der Waals surface area (Å²) >= 11 is 0. The second-order valence-electron chi connectivity index (χ2n) is 9.22. The third-order valence-corrected chi connectivity index (χ3v) is 6.96. The van der Waals surface area contributed by atoms with E-state index in [0.29, 0.717) is 0 Å². The summed E-state index contributed by atoms with van der Waals surface area (Å²) < 4.78 is 5.60. The summed E-state index contributed by atoms with van der Waals surface area (Å²) in [5, 5.41) is 14.5. The monoisotopic (exact) mass is 477 g/mol. The Morgan fingerprint density at radius 1 is 1.06 bits per heavy atom. The van der Waals surface area contributed by atoms with Crippen molar-refractivity contribution in [1.29, 1.82) is 0 Å². The van der Waals surface area contributed by atoms with Crippen molar-refractivity contribution in [3.63, 3.8) is 0 Å². The topological polar surface area (TPSA) is 125 Å². The Labute approximate surface area is 202 Å². The van der Waals surface area contributed by atoms with Crippen molar-refractivity contribution in [3.8, 4) is 11.1 Å². The first-order chi connectivity index (χ1) is 16.9. The molecule has 9 heteroatoms. The van der Waals surface area contributed by atoms with Gasteiger partial charge in [0.1, 0.15) is 18.7 Å². The van der Waals surface area contributed by atoms with Gasteiger partial charge < -0.3 is 25.4 Å². The van der Waals surface area contributed by atoms with Crippen LogP contribution in [0.4, 0.5) is 4.79 Å².